The van der Waals surface area contributed by atoms with E-state index in [1.54, 1.807) is 0 Å². The molecular weight excluding hydrogens is 309 g/mol. The summed E-state index contributed by atoms with van der Waals surface area (Å²) in [5, 5.41) is 2.76. The molecule has 6 nitrogen and oxygen atoms in total. The fourth-order valence-electron chi connectivity index (χ4n) is 1.39. The topological polar surface area (TPSA) is 78.5 Å². The van der Waals surface area contributed by atoms with E-state index in [-0.39, 0.29) is 12.1 Å². The van der Waals surface area contributed by atoms with Gasteiger partial charge in [0.05, 0.1) is 5.56 Å². The molecule has 0 atom stereocenters. The Morgan fingerprint density at radius 2 is 2.17 bits per heavy atom. The Morgan fingerprint density at radius 3 is 2.72 bits per heavy atom. The first kappa shape index (κ1) is 12.5. The average Bonchev–Trinajstić information content (AvgIpc) is 2.57. The van der Waals surface area contributed by atoms with Crippen LogP contribution in [0.3, 0.4) is 0 Å². The maximum Gasteiger partial charge on any atom is 0.343 e. The van der Waals surface area contributed by atoms with Crippen molar-refractivity contribution in [3.8, 4) is 0 Å². The van der Waals surface area contributed by atoms with Gasteiger partial charge in [0.1, 0.15) is 12.4 Å². The maximum atomic E-state index is 13.5. The molecule has 2 N–H and O–H groups in total. The number of hydrazine groups is 1. The summed E-state index contributed by atoms with van der Waals surface area (Å²) < 4.78 is 14.0. The van der Waals surface area contributed by atoms with Gasteiger partial charge in [0, 0.05) is 4.47 Å². The zero-order chi connectivity index (χ0) is 13.3. The quantitative estimate of drug-likeness (QED) is 0.792. The Labute approximate surface area is 109 Å². The maximum absolute atomic E-state index is 13.5. The van der Waals surface area contributed by atoms with Crippen LogP contribution in [-0.2, 0) is 4.79 Å². The molecule has 1 aromatic rings. The molecule has 1 fully saturated rings. The minimum Gasteiger partial charge on any atom is -0.275 e. The van der Waals surface area contributed by atoms with Crippen molar-refractivity contribution in [1.29, 1.82) is 0 Å². The van der Waals surface area contributed by atoms with E-state index in [4.69, 9.17) is 0 Å². The lowest BCUT2D eigenvalue weighted by molar-refractivity contribution is -0.118. The zero-order valence-electron chi connectivity index (χ0n) is 8.87. The van der Waals surface area contributed by atoms with Crippen molar-refractivity contribution < 1.29 is 18.8 Å². The van der Waals surface area contributed by atoms with Crippen LogP contribution in [0, 0.1) is 5.82 Å². The van der Waals surface area contributed by atoms with Gasteiger partial charge in [-0.15, -0.1) is 0 Å². The van der Waals surface area contributed by atoms with Gasteiger partial charge in [0.25, 0.3) is 5.91 Å². The van der Waals surface area contributed by atoms with Crippen molar-refractivity contribution in [2.45, 2.75) is 0 Å². The Balaban J connectivity index is 2.13. The molecule has 0 spiro atoms. The summed E-state index contributed by atoms with van der Waals surface area (Å²) in [4.78, 5) is 33.7. The SMILES string of the molecule is O=C1CN(NC(=O)c2ccc(Br)cc2F)C(=O)N1. The van der Waals surface area contributed by atoms with Crippen molar-refractivity contribution in [1.82, 2.24) is 15.8 Å². The van der Waals surface area contributed by atoms with Crippen LogP contribution in [0.2, 0.25) is 0 Å². The third-order valence-corrected chi connectivity index (χ3v) is 2.70. The minimum absolute atomic E-state index is 0.217. The van der Waals surface area contributed by atoms with Crippen LogP contribution >= 0.6 is 15.9 Å². The lowest BCUT2D eigenvalue weighted by Gasteiger charge is -2.14. The van der Waals surface area contributed by atoms with Gasteiger partial charge >= 0.3 is 6.03 Å². The molecule has 0 unspecified atom stereocenters. The lowest BCUT2D eigenvalue weighted by atomic mass is 10.2. The van der Waals surface area contributed by atoms with Gasteiger partial charge in [-0.2, -0.15) is 0 Å². The smallest absolute Gasteiger partial charge is 0.275 e. The van der Waals surface area contributed by atoms with Gasteiger partial charge in [-0.3, -0.25) is 20.3 Å². The second kappa shape index (κ2) is 4.73. The number of carbonyl (C=O) groups is 3. The van der Waals surface area contributed by atoms with E-state index in [9.17, 15) is 18.8 Å². The highest BCUT2D eigenvalue weighted by Gasteiger charge is 2.28. The van der Waals surface area contributed by atoms with E-state index < -0.39 is 23.7 Å². The molecule has 4 amide bonds. The molecule has 0 aromatic heterocycles. The summed E-state index contributed by atoms with van der Waals surface area (Å²) in [5.74, 6) is -2.06. The number of carbonyl (C=O) groups excluding carboxylic acids is 3. The number of rotatable bonds is 2. The first-order valence-electron chi connectivity index (χ1n) is 4.85. The molecular formula is C10H7BrFN3O3. The zero-order valence-corrected chi connectivity index (χ0v) is 10.5. The third-order valence-electron chi connectivity index (χ3n) is 2.21. The Bertz CT molecular complexity index is 549. The number of amides is 4. The number of urea groups is 1. The highest BCUT2D eigenvalue weighted by molar-refractivity contribution is 9.10. The van der Waals surface area contributed by atoms with Crippen LogP contribution in [0.4, 0.5) is 9.18 Å². The van der Waals surface area contributed by atoms with Crippen LogP contribution < -0.4 is 10.7 Å². The van der Waals surface area contributed by atoms with Crippen molar-refractivity contribution in [3.63, 3.8) is 0 Å². The number of nitrogens with zero attached hydrogens (tertiary/aromatic N) is 1. The summed E-state index contributed by atoms with van der Waals surface area (Å²) in [6, 6.07) is 3.15. The Hall–Kier alpha value is -1.96. The molecule has 18 heavy (non-hydrogen) atoms. The first-order chi connectivity index (χ1) is 8.47. The highest BCUT2D eigenvalue weighted by atomic mass is 79.9. The van der Waals surface area contributed by atoms with Gasteiger partial charge in [0.2, 0.25) is 5.91 Å². The largest absolute Gasteiger partial charge is 0.343 e. The fraction of sp³-hybridized carbons (Fsp3) is 0.100. The van der Waals surface area contributed by atoms with Gasteiger partial charge in [0.15, 0.2) is 0 Å². The molecule has 94 valence electrons. The van der Waals surface area contributed by atoms with Crippen molar-refractivity contribution in [2.24, 2.45) is 0 Å². The predicted molar refractivity (Wildman–Crippen MR) is 61.8 cm³/mol. The van der Waals surface area contributed by atoms with Crippen LogP contribution in [0.1, 0.15) is 10.4 Å². The van der Waals surface area contributed by atoms with Crippen molar-refractivity contribution in [2.75, 3.05) is 6.54 Å². The van der Waals surface area contributed by atoms with Gasteiger partial charge in [-0.05, 0) is 18.2 Å². The second-order valence-electron chi connectivity index (χ2n) is 3.50. The summed E-state index contributed by atoms with van der Waals surface area (Å²) >= 11 is 3.06. The fourth-order valence-corrected chi connectivity index (χ4v) is 1.72. The molecule has 1 aromatic carbocycles. The summed E-state index contributed by atoms with van der Waals surface area (Å²) in [7, 11) is 0. The normalized spacial score (nSPS) is 14.7. The summed E-state index contributed by atoms with van der Waals surface area (Å²) in [6.45, 7) is -0.289. The van der Waals surface area contributed by atoms with E-state index in [0.717, 1.165) is 11.1 Å². The van der Waals surface area contributed by atoms with E-state index in [2.05, 4.69) is 21.4 Å². The number of halogens is 2. The van der Waals surface area contributed by atoms with E-state index in [1.807, 2.05) is 5.32 Å². The van der Waals surface area contributed by atoms with Gasteiger partial charge < -0.3 is 0 Å². The lowest BCUT2D eigenvalue weighted by Crippen LogP contribution is -2.44. The minimum atomic E-state index is -0.801. The molecule has 1 heterocycles. The molecule has 1 aliphatic heterocycles. The average molecular weight is 316 g/mol. The van der Waals surface area contributed by atoms with Crippen LogP contribution in [0.25, 0.3) is 0 Å². The molecule has 0 aliphatic carbocycles. The van der Waals surface area contributed by atoms with E-state index in [1.165, 1.54) is 12.1 Å². The second-order valence-corrected chi connectivity index (χ2v) is 4.42. The molecule has 8 heteroatoms. The number of nitrogens with one attached hydrogen (secondary N) is 2. The van der Waals surface area contributed by atoms with Gasteiger partial charge in [-0.25, -0.2) is 14.2 Å². The van der Waals surface area contributed by atoms with E-state index in [0.29, 0.717) is 4.47 Å². The molecule has 1 saturated heterocycles. The molecule has 2 rings (SSSR count). The summed E-state index contributed by atoms with van der Waals surface area (Å²) in [5.41, 5.74) is 1.92. The standard InChI is InChI=1S/C10H7BrFN3O3/c11-5-1-2-6(7(12)3-5)9(17)14-15-4-8(16)13-10(15)18/h1-3H,4H2,(H,14,17)(H,13,16,18). The van der Waals surface area contributed by atoms with Crippen molar-refractivity contribution >= 4 is 33.8 Å². The summed E-state index contributed by atoms with van der Waals surface area (Å²) in [6.07, 6.45) is 0. The highest BCUT2D eigenvalue weighted by Crippen LogP contribution is 2.15. The molecule has 1 aliphatic rings. The van der Waals surface area contributed by atoms with Gasteiger partial charge in [-0.1, -0.05) is 15.9 Å². The molecule has 0 radical (unpaired) electrons. The monoisotopic (exact) mass is 315 g/mol. The number of hydrogen-bond acceptors (Lipinski definition) is 3. The molecule has 0 saturated carbocycles. The number of benzene rings is 1. The number of hydrogen-bond donors (Lipinski definition) is 2. The predicted octanol–water partition coefficient (Wildman–Crippen LogP) is 0.785. The van der Waals surface area contributed by atoms with Crippen LogP contribution in [0.5, 0.6) is 0 Å². The Kier molecular flexibility index (Phi) is 3.28. The number of imide groups is 1. The van der Waals surface area contributed by atoms with Crippen molar-refractivity contribution in [3.05, 3.63) is 34.1 Å². The van der Waals surface area contributed by atoms with Crippen LogP contribution in [0.15, 0.2) is 22.7 Å². The van der Waals surface area contributed by atoms with Crippen LogP contribution in [-0.4, -0.2) is 29.4 Å². The first-order valence-corrected chi connectivity index (χ1v) is 5.64. The van der Waals surface area contributed by atoms with E-state index >= 15 is 0 Å². The molecule has 0 bridgehead atoms. The Morgan fingerprint density at radius 1 is 1.44 bits per heavy atom. The third kappa shape index (κ3) is 2.48.